The first-order chi connectivity index (χ1) is 13.9. The summed E-state index contributed by atoms with van der Waals surface area (Å²) >= 11 is 1.39. The summed E-state index contributed by atoms with van der Waals surface area (Å²) in [5, 5.41) is 5.47. The van der Waals surface area contributed by atoms with E-state index in [2.05, 4.69) is 27.1 Å². The van der Waals surface area contributed by atoms with Crippen LogP contribution < -0.4 is 5.32 Å². The Morgan fingerprint density at radius 2 is 2.00 bits per heavy atom. The maximum atomic E-state index is 13.8. The number of para-hydroxylation sites is 1. The van der Waals surface area contributed by atoms with E-state index in [0.717, 1.165) is 44.7 Å². The third kappa shape index (κ3) is 6.22. The van der Waals surface area contributed by atoms with Crippen LogP contribution in [0, 0.1) is 5.82 Å². The second-order valence-electron chi connectivity index (χ2n) is 7.85. The molecule has 1 N–H and O–H groups in total. The van der Waals surface area contributed by atoms with Gasteiger partial charge in [0, 0.05) is 24.5 Å². The molecule has 0 saturated carbocycles. The minimum atomic E-state index is -0.322. The van der Waals surface area contributed by atoms with Crippen LogP contribution in [0.1, 0.15) is 18.5 Å². The number of anilines is 2. The highest BCUT2D eigenvalue weighted by Gasteiger charge is 2.27. The number of likely N-dealkylation sites (tertiary alicyclic amines) is 1. The number of nitrogens with one attached hydrogen (secondary N) is 1. The molecule has 1 saturated heterocycles. The first-order valence-corrected chi connectivity index (χ1v) is 10.9. The molecule has 2 aromatic rings. The topological polar surface area (TPSA) is 51.7 Å². The number of amides is 1. The zero-order valence-corrected chi connectivity index (χ0v) is 18.2. The van der Waals surface area contributed by atoms with Crippen molar-refractivity contribution in [3.05, 3.63) is 41.2 Å². The fraction of sp³-hybridized carbons (Fsp3) is 0.524. The highest BCUT2D eigenvalue weighted by Crippen LogP contribution is 2.24. The molecule has 29 heavy (non-hydrogen) atoms. The molecule has 3 rings (SSSR count). The normalized spacial score (nSPS) is 15.6. The van der Waals surface area contributed by atoms with Gasteiger partial charge in [-0.15, -0.1) is 11.3 Å². The van der Waals surface area contributed by atoms with Crippen molar-refractivity contribution in [1.82, 2.24) is 19.7 Å². The quantitative estimate of drug-likeness (QED) is 0.713. The molecule has 1 amide bonds. The number of hydrogen-bond donors (Lipinski definition) is 1. The molecule has 1 aromatic carbocycles. The minimum Gasteiger partial charge on any atom is -0.338 e. The number of aromatic nitrogens is 1. The first-order valence-electron chi connectivity index (χ1n) is 10.0. The number of nitrogens with zero attached hydrogens (tertiary/aromatic N) is 4. The van der Waals surface area contributed by atoms with Gasteiger partial charge in [-0.3, -0.25) is 4.79 Å². The summed E-state index contributed by atoms with van der Waals surface area (Å²) in [6.45, 7) is 3.60. The lowest BCUT2D eigenvalue weighted by molar-refractivity contribution is -0.134. The van der Waals surface area contributed by atoms with Gasteiger partial charge in [-0.2, -0.15) is 0 Å². The van der Waals surface area contributed by atoms with Gasteiger partial charge in [0.1, 0.15) is 5.82 Å². The number of halogens is 1. The average Bonchev–Trinajstić information content (AvgIpc) is 3.12. The van der Waals surface area contributed by atoms with Crippen LogP contribution >= 0.6 is 11.3 Å². The number of likely N-dealkylation sites (N-methyl/N-ethyl adjacent to an activating group) is 1. The first kappa shape index (κ1) is 21.7. The van der Waals surface area contributed by atoms with Crippen LogP contribution in [0.3, 0.4) is 0 Å². The van der Waals surface area contributed by atoms with Crippen LogP contribution in [0.5, 0.6) is 0 Å². The zero-order chi connectivity index (χ0) is 20.8. The Balaban J connectivity index is 1.64. The summed E-state index contributed by atoms with van der Waals surface area (Å²) in [5.74, 6) is -0.207. The van der Waals surface area contributed by atoms with Gasteiger partial charge in [-0.1, -0.05) is 12.1 Å². The SMILES string of the molecule is CN(C)CCN(C(=O)Cc1csc(Nc2ccccc2F)n1)C1CCN(C)CC1. The maximum Gasteiger partial charge on any atom is 0.228 e. The highest BCUT2D eigenvalue weighted by atomic mass is 32.1. The Morgan fingerprint density at radius 1 is 1.28 bits per heavy atom. The van der Waals surface area contributed by atoms with Gasteiger partial charge in [0.2, 0.25) is 5.91 Å². The van der Waals surface area contributed by atoms with Crippen molar-refractivity contribution >= 4 is 28.1 Å². The maximum absolute atomic E-state index is 13.8. The molecule has 0 unspecified atom stereocenters. The molecule has 0 spiro atoms. The molecule has 1 fully saturated rings. The Bertz CT molecular complexity index is 804. The Kier molecular flexibility index (Phi) is 7.57. The summed E-state index contributed by atoms with van der Waals surface area (Å²) in [5.41, 5.74) is 1.11. The van der Waals surface area contributed by atoms with Crippen molar-refractivity contribution in [2.24, 2.45) is 0 Å². The third-order valence-electron chi connectivity index (χ3n) is 5.24. The van der Waals surface area contributed by atoms with Crippen molar-refractivity contribution < 1.29 is 9.18 Å². The fourth-order valence-electron chi connectivity index (χ4n) is 3.51. The van der Waals surface area contributed by atoms with E-state index < -0.39 is 0 Å². The van der Waals surface area contributed by atoms with Crippen LogP contribution in [-0.2, 0) is 11.2 Å². The third-order valence-corrected chi connectivity index (χ3v) is 6.04. The highest BCUT2D eigenvalue weighted by molar-refractivity contribution is 7.13. The summed E-state index contributed by atoms with van der Waals surface area (Å²) < 4.78 is 13.8. The van der Waals surface area contributed by atoms with Crippen LogP contribution in [-0.4, -0.2) is 79.0 Å². The Morgan fingerprint density at radius 3 is 2.69 bits per heavy atom. The lowest BCUT2D eigenvalue weighted by Gasteiger charge is -2.38. The van der Waals surface area contributed by atoms with Gasteiger partial charge in [0.15, 0.2) is 5.13 Å². The molecule has 1 aliphatic heterocycles. The molecule has 1 aliphatic rings. The molecule has 0 bridgehead atoms. The molecular formula is C21H30FN5OS. The van der Waals surface area contributed by atoms with Crippen molar-refractivity contribution in [3.8, 4) is 0 Å². The molecule has 0 atom stereocenters. The van der Waals surface area contributed by atoms with Crippen LogP contribution in [0.15, 0.2) is 29.6 Å². The number of hydrogen-bond acceptors (Lipinski definition) is 6. The van der Waals surface area contributed by atoms with E-state index in [9.17, 15) is 9.18 Å². The van der Waals surface area contributed by atoms with Crippen LogP contribution in [0.2, 0.25) is 0 Å². The summed E-state index contributed by atoms with van der Waals surface area (Å²) in [4.78, 5) is 24.1. The van der Waals surface area contributed by atoms with E-state index in [0.29, 0.717) is 10.8 Å². The van der Waals surface area contributed by atoms with Crippen molar-refractivity contribution in [1.29, 1.82) is 0 Å². The van der Waals surface area contributed by atoms with E-state index in [1.54, 1.807) is 18.2 Å². The van der Waals surface area contributed by atoms with Gasteiger partial charge >= 0.3 is 0 Å². The molecule has 158 valence electrons. The minimum absolute atomic E-state index is 0.115. The predicted octanol–water partition coefficient (Wildman–Crippen LogP) is 3.05. The van der Waals surface area contributed by atoms with Crippen LogP contribution in [0.25, 0.3) is 0 Å². The van der Waals surface area contributed by atoms with E-state index in [4.69, 9.17) is 0 Å². The van der Waals surface area contributed by atoms with E-state index in [1.807, 2.05) is 24.4 Å². The van der Waals surface area contributed by atoms with Gasteiger partial charge in [-0.05, 0) is 59.2 Å². The summed E-state index contributed by atoms with van der Waals surface area (Å²) in [6, 6.07) is 6.79. The largest absolute Gasteiger partial charge is 0.338 e. The molecular weight excluding hydrogens is 389 g/mol. The monoisotopic (exact) mass is 419 g/mol. The number of benzene rings is 1. The number of rotatable bonds is 8. The predicted molar refractivity (Wildman–Crippen MR) is 116 cm³/mol. The van der Waals surface area contributed by atoms with Crippen molar-refractivity contribution in [2.45, 2.75) is 25.3 Å². The van der Waals surface area contributed by atoms with Gasteiger partial charge in [0.05, 0.1) is 17.8 Å². The molecule has 0 aliphatic carbocycles. The lowest BCUT2D eigenvalue weighted by atomic mass is 10.0. The zero-order valence-electron chi connectivity index (χ0n) is 17.4. The molecule has 8 heteroatoms. The summed E-state index contributed by atoms with van der Waals surface area (Å²) in [6.07, 6.45) is 2.29. The average molecular weight is 420 g/mol. The Hall–Kier alpha value is -2.03. The standard InChI is InChI=1S/C21H30FN5OS/c1-25(2)12-13-27(17-8-10-26(3)11-9-17)20(28)14-16-15-29-21(23-16)24-19-7-5-4-6-18(19)22/h4-7,15,17H,8-14H2,1-3H3,(H,23,24). The number of carbonyl (C=O) groups excluding carboxylic acids is 1. The van der Waals surface area contributed by atoms with Crippen molar-refractivity contribution in [3.63, 3.8) is 0 Å². The van der Waals surface area contributed by atoms with E-state index in [-0.39, 0.29) is 24.2 Å². The fourth-order valence-corrected chi connectivity index (χ4v) is 4.23. The molecule has 6 nitrogen and oxygen atoms in total. The molecule has 2 heterocycles. The smallest absolute Gasteiger partial charge is 0.228 e. The lowest BCUT2D eigenvalue weighted by Crippen LogP contribution is -2.49. The van der Waals surface area contributed by atoms with Gasteiger partial charge in [-0.25, -0.2) is 9.37 Å². The number of piperidine rings is 1. The van der Waals surface area contributed by atoms with Gasteiger partial charge in [0.25, 0.3) is 0 Å². The second kappa shape index (κ2) is 10.1. The van der Waals surface area contributed by atoms with E-state index in [1.165, 1.54) is 17.4 Å². The Labute approximate surface area is 176 Å². The second-order valence-corrected chi connectivity index (χ2v) is 8.71. The van der Waals surface area contributed by atoms with Gasteiger partial charge < -0.3 is 20.0 Å². The van der Waals surface area contributed by atoms with Crippen molar-refractivity contribution in [2.75, 3.05) is 52.6 Å². The van der Waals surface area contributed by atoms with Crippen LogP contribution in [0.4, 0.5) is 15.2 Å². The number of carbonyl (C=O) groups is 1. The number of thiazole rings is 1. The summed E-state index contributed by atoms with van der Waals surface area (Å²) in [7, 11) is 6.18. The molecule has 0 radical (unpaired) electrons. The molecule has 1 aromatic heterocycles. The van der Waals surface area contributed by atoms with E-state index >= 15 is 0 Å².